The molecule has 0 heterocycles. The quantitative estimate of drug-likeness (QED) is 0.553. The molecular formula is C6H12BrClO2. The van der Waals surface area contributed by atoms with Crippen molar-refractivity contribution in [2.24, 2.45) is 0 Å². The van der Waals surface area contributed by atoms with Gasteiger partial charge in [-0.1, -0.05) is 15.9 Å². The highest BCUT2D eigenvalue weighted by atomic mass is 79.9. The van der Waals surface area contributed by atoms with Crippen LogP contribution in [0.5, 0.6) is 0 Å². The van der Waals surface area contributed by atoms with Crippen LogP contribution in [0.3, 0.4) is 0 Å². The van der Waals surface area contributed by atoms with Gasteiger partial charge in [0.25, 0.3) is 0 Å². The Bertz CT molecular complexity index is 72.8. The summed E-state index contributed by atoms with van der Waals surface area (Å²) < 4.78 is 5.14. The summed E-state index contributed by atoms with van der Waals surface area (Å²) in [4.78, 5) is 0.0582. The van der Waals surface area contributed by atoms with Gasteiger partial charge in [-0.3, -0.25) is 0 Å². The normalized spacial score (nSPS) is 13.5. The van der Waals surface area contributed by atoms with E-state index in [1.807, 2.05) is 0 Å². The first-order valence-electron chi connectivity index (χ1n) is 3.20. The average Bonchev–Trinajstić information content (AvgIpc) is 1.98. The van der Waals surface area contributed by atoms with E-state index in [0.29, 0.717) is 19.1 Å². The topological polar surface area (TPSA) is 29.5 Å². The van der Waals surface area contributed by atoms with Crippen molar-refractivity contribution < 1.29 is 9.84 Å². The van der Waals surface area contributed by atoms with Crippen molar-refractivity contribution in [2.75, 3.05) is 25.7 Å². The van der Waals surface area contributed by atoms with Crippen molar-refractivity contribution in [1.82, 2.24) is 0 Å². The molecule has 62 valence electrons. The molecule has 0 rings (SSSR count). The summed E-state index contributed by atoms with van der Waals surface area (Å²) >= 11 is 8.63. The summed E-state index contributed by atoms with van der Waals surface area (Å²) in [5.41, 5.74) is 0. The monoisotopic (exact) mass is 230 g/mol. The molecule has 0 radical (unpaired) electrons. The molecule has 0 amide bonds. The van der Waals surface area contributed by atoms with Crippen LogP contribution in [0.4, 0.5) is 0 Å². The maximum Gasteiger partial charge on any atom is 0.0613 e. The van der Waals surface area contributed by atoms with Gasteiger partial charge >= 0.3 is 0 Å². The SMILES string of the molecule is OCC(Br)COCCCCl. The second-order valence-electron chi connectivity index (χ2n) is 1.90. The van der Waals surface area contributed by atoms with Gasteiger partial charge in [0, 0.05) is 12.5 Å². The van der Waals surface area contributed by atoms with Crippen molar-refractivity contribution in [3.8, 4) is 0 Å². The van der Waals surface area contributed by atoms with E-state index in [1.54, 1.807) is 0 Å². The molecule has 0 spiro atoms. The van der Waals surface area contributed by atoms with Gasteiger partial charge in [0.15, 0.2) is 0 Å². The van der Waals surface area contributed by atoms with E-state index >= 15 is 0 Å². The maximum atomic E-state index is 8.54. The van der Waals surface area contributed by atoms with Gasteiger partial charge < -0.3 is 9.84 Å². The van der Waals surface area contributed by atoms with Gasteiger partial charge in [-0.25, -0.2) is 0 Å². The van der Waals surface area contributed by atoms with Crippen molar-refractivity contribution in [3.05, 3.63) is 0 Å². The molecule has 0 aromatic carbocycles. The molecule has 0 aliphatic rings. The van der Waals surface area contributed by atoms with E-state index in [2.05, 4.69) is 15.9 Å². The van der Waals surface area contributed by atoms with Gasteiger partial charge in [-0.15, -0.1) is 11.6 Å². The number of halogens is 2. The number of alkyl halides is 2. The largest absolute Gasteiger partial charge is 0.395 e. The minimum atomic E-state index is 0.0582. The van der Waals surface area contributed by atoms with Crippen LogP contribution < -0.4 is 0 Å². The number of rotatable bonds is 6. The smallest absolute Gasteiger partial charge is 0.0613 e. The summed E-state index contributed by atoms with van der Waals surface area (Å²) in [6.45, 7) is 1.33. The van der Waals surface area contributed by atoms with Crippen molar-refractivity contribution in [1.29, 1.82) is 0 Å². The minimum absolute atomic E-state index is 0.0582. The average molecular weight is 232 g/mol. The molecule has 0 aliphatic carbocycles. The first-order valence-corrected chi connectivity index (χ1v) is 4.65. The molecule has 1 N–H and O–H groups in total. The highest BCUT2D eigenvalue weighted by molar-refractivity contribution is 9.09. The second kappa shape index (κ2) is 7.79. The Morgan fingerprint density at radius 1 is 1.60 bits per heavy atom. The number of aliphatic hydroxyl groups excluding tert-OH is 1. The number of hydrogen-bond donors (Lipinski definition) is 1. The van der Waals surface area contributed by atoms with Gasteiger partial charge in [-0.05, 0) is 6.42 Å². The maximum absolute atomic E-state index is 8.54. The third-order valence-electron chi connectivity index (χ3n) is 0.919. The van der Waals surface area contributed by atoms with Crippen LogP contribution in [0, 0.1) is 0 Å². The number of hydrogen-bond acceptors (Lipinski definition) is 2. The Balaban J connectivity index is 2.89. The molecule has 0 bridgehead atoms. The third kappa shape index (κ3) is 6.81. The highest BCUT2D eigenvalue weighted by Crippen LogP contribution is 1.98. The third-order valence-corrected chi connectivity index (χ3v) is 1.74. The molecule has 1 atom stereocenters. The van der Waals surface area contributed by atoms with Crippen LogP contribution in [-0.2, 0) is 4.74 Å². The van der Waals surface area contributed by atoms with Crippen molar-refractivity contribution in [2.45, 2.75) is 11.2 Å². The molecule has 2 nitrogen and oxygen atoms in total. The lowest BCUT2D eigenvalue weighted by molar-refractivity contribution is 0.123. The second-order valence-corrected chi connectivity index (χ2v) is 3.57. The predicted octanol–water partition coefficient (Wildman–Crippen LogP) is 1.39. The molecule has 1 unspecified atom stereocenters. The molecule has 10 heavy (non-hydrogen) atoms. The molecular weight excluding hydrogens is 219 g/mol. The number of aliphatic hydroxyl groups is 1. The van der Waals surface area contributed by atoms with E-state index in [-0.39, 0.29) is 11.4 Å². The van der Waals surface area contributed by atoms with Crippen LogP contribution in [-0.4, -0.2) is 35.6 Å². The van der Waals surface area contributed by atoms with E-state index < -0.39 is 0 Å². The van der Waals surface area contributed by atoms with Crippen molar-refractivity contribution in [3.63, 3.8) is 0 Å². The summed E-state index contributed by atoms with van der Waals surface area (Å²) in [5, 5.41) is 8.54. The molecule has 0 aliphatic heterocycles. The Kier molecular flexibility index (Phi) is 8.33. The van der Waals surface area contributed by atoms with Crippen LogP contribution in [0.25, 0.3) is 0 Å². The Labute approximate surface area is 74.6 Å². The predicted molar refractivity (Wildman–Crippen MR) is 46.0 cm³/mol. The zero-order valence-corrected chi connectivity index (χ0v) is 8.07. The summed E-state index contributed by atoms with van der Waals surface area (Å²) in [6, 6.07) is 0. The zero-order valence-electron chi connectivity index (χ0n) is 5.72. The van der Waals surface area contributed by atoms with Crippen molar-refractivity contribution >= 4 is 27.5 Å². The Morgan fingerprint density at radius 3 is 2.80 bits per heavy atom. The molecule has 4 heteroatoms. The van der Waals surface area contributed by atoms with E-state index in [0.717, 1.165) is 6.42 Å². The van der Waals surface area contributed by atoms with Crippen LogP contribution in [0.2, 0.25) is 0 Å². The minimum Gasteiger partial charge on any atom is -0.395 e. The Morgan fingerprint density at radius 2 is 2.30 bits per heavy atom. The lowest BCUT2D eigenvalue weighted by atomic mass is 10.5. The fourth-order valence-corrected chi connectivity index (χ4v) is 0.717. The lowest BCUT2D eigenvalue weighted by Gasteiger charge is -2.05. The first-order chi connectivity index (χ1) is 4.81. The first kappa shape index (κ1) is 10.7. The summed E-state index contributed by atoms with van der Waals surface area (Å²) in [6.07, 6.45) is 0.868. The van der Waals surface area contributed by atoms with Crippen LogP contribution in [0.1, 0.15) is 6.42 Å². The van der Waals surface area contributed by atoms with Crippen LogP contribution in [0.15, 0.2) is 0 Å². The molecule has 0 aromatic heterocycles. The van der Waals surface area contributed by atoms with Gasteiger partial charge in [0.1, 0.15) is 0 Å². The van der Waals surface area contributed by atoms with E-state index in [4.69, 9.17) is 21.4 Å². The summed E-state index contributed by atoms with van der Waals surface area (Å²) in [5.74, 6) is 0.631. The highest BCUT2D eigenvalue weighted by Gasteiger charge is 1.99. The van der Waals surface area contributed by atoms with Gasteiger partial charge in [-0.2, -0.15) is 0 Å². The molecule has 0 saturated carbocycles. The van der Waals surface area contributed by atoms with E-state index in [1.165, 1.54) is 0 Å². The molecule has 0 aromatic rings. The van der Waals surface area contributed by atoms with Gasteiger partial charge in [0.2, 0.25) is 0 Å². The lowest BCUT2D eigenvalue weighted by Crippen LogP contribution is -2.13. The van der Waals surface area contributed by atoms with E-state index in [9.17, 15) is 0 Å². The number of ether oxygens (including phenoxy) is 1. The Hall–Kier alpha value is 0.690. The zero-order chi connectivity index (χ0) is 7.82. The fourth-order valence-electron chi connectivity index (χ4n) is 0.421. The van der Waals surface area contributed by atoms with Crippen LogP contribution >= 0.6 is 27.5 Å². The summed E-state index contributed by atoms with van der Waals surface area (Å²) in [7, 11) is 0. The standard InChI is InChI=1S/C6H12BrClO2/c7-6(4-9)5-10-3-1-2-8/h6,9H,1-5H2. The van der Waals surface area contributed by atoms with Gasteiger partial charge in [0.05, 0.1) is 18.0 Å². The molecule has 0 saturated heterocycles. The molecule has 0 fully saturated rings. The fraction of sp³-hybridized carbons (Fsp3) is 1.00.